The lowest BCUT2D eigenvalue weighted by Crippen LogP contribution is -2.41. The zero-order valence-electron chi connectivity index (χ0n) is 14.5. The van der Waals surface area contributed by atoms with Crippen LogP contribution in [-0.4, -0.2) is 53.6 Å². The molecule has 138 valence electrons. The van der Waals surface area contributed by atoms with Gasteiger partial charge in [-0.05, 0) is 37.1 Å². The number of morpholine rings is 1. The van der Waals surface area contributed by atoms with Gasteiger partial charge in [-0.3, -0.25) is 4.79 Å². The third-order valence-corrected chi connectivity index (χ3v) is 4.65. The second kappa shape index (κ2) is 8.66. The van der Waals surface area contributed by atoms with E-state index < -0.39 is 0 Å². The maximum absolute atomic E-state index is 12.6. The molecule has 3 rings (SSSR count). The highest BCUT2D eigenvalue weighted by molar-refractivity contribution is 6.35. The van der Waals surface area contributed by atoms with Crippen molar-refractivity contribution in [3.05, 3.63) is 51.3 Å². The Bertz CT molecular complexity index is 795. The van der Waals surface area contributed by atoms with Crippen molar-refractivity contribution >= 4 is 35.1 Å². The SMILES string of the molecule is Cc1cc(C(=O)N2CCOCC2)nc(NCCc2ccc(Cl)cc2Cl)n1. The van der Waals surface area contributed by atoms with Crippen LogP contribution >= 0.6 is 23.2 Å². The highest BCUT2D eigenvalue weighted by Crippen LogP contribution is 2.21. The molecule has 0 aliphatic carbocycles. The van der Waals surface area contributed by atoms with Gasteiger partial charge < -0.3 is 15.0 Å². The summed E-state index contributed by atoms with van der Waals surface area (Å²) in [6, 6.07) is 7.14. The summed E-state index contributed by atoms with van der Waals surface area (Å²) < 4.78 is 5.29. The van der Waals surface area contributed by atoms with E-state index in [0.29, 0.717) is 61.0 Å². The molecular formula is C18H20Cl2N4O2. The quantitative estimate of drug-likeness (QED) is 0.842. The van der Waals surface area contributed by atoms with E-state index in [2.05, 4.69) is 15.3 Å². The van der Waals surface area contributed by atoms with E-state index in [-0.39, 0.29) is 5.91 Å². The number of anilines is 1. The van der Waals surface area contributed by atoms with E-state index in [1.165, 1.54) is 0 Å². The van der Waals surface area contributed by atoms with Crippen molar-refractivity contribution in [1.82, 2.24) is 14.9 Å². The highest BCUT2D eigenvalue weighted by atomic mass is 35.5. The van der Waals surface area contributed by atoms with Crippen LogP contribution < -0.4 is 5.32 Å². The molecule has 2 heterocycles. The molecule has 0 spiro atoms. The van der Waals surface area contributed by atoms with E-state index in [4.69, 9.17) is 27.9 Å². The van der Waals surface area contributed by atoms with Gasteiger partial charge in [0.2, 0.25) is 5.95 Å². The molecule has 0 unspecified atom stereocenters. The molecule has 1 fully saturated rings. The number of nitrogens with zero attached hydrogens (tertiary/aromatic N) is 3. The molecule has 0 bridgehead atoms. The first kappa shape index (κ1) is 18.9. The molecule has 1 amide bonds. The molecule has 1 aromatic carbocycles. The number of ether oxygens (including phenoxy) is 1. The first-order valence-corrected chi connectivity index (χ1v) is 9.19. The van der Waals surface area contributed by atoms with Crippen molar-refractivity contribution in [2.75, 3.05) is 38.2 Å². The summed E-state index contributed by atoms with van der Waals surface area (Å²) in [5, 5.41) is 4.41. The van der Waals surface area contributed by atoms with Gasteiger partial charge in [0.25, 0.3) is 5.91 Å². The second-order valence-electron chi connectivity index (χ2n) is 6.04. The molecule has 1 saturated heterocycles. The fraction of sp³-hybridized carbons (Fsp3) is 0.389. The van der Waals surface area contributed by atoms with Gasteiger partial charge in [-0.2, -0.15) is 0 Å². The lowest BCUT2D eigenvalue weighted by molar-refractivity contribution is 0.0299. The molecule has 0 saturated carbocycles. The van der Waals surface area contributed by atoms with Gasteiger partial charge in [0.05, 0.1) is 13.2 Å². The maximum Gasteiger partial charge on any atom is 0.272 e. The summed E-state index contributed by atoms with van der Waals surface area (Å²) in [5.74, 6) is 0.342. The van der Waals surface area contributed by atoms with E-state index >= 15 is 0 Å². The van der Waals surface area contributed by atoms with Crippen LogP contribution in [0, 0.1) is 6.92 Å². The number of carbonyl (C=O) groups is 1. The van der Waals surface area contributed by atoms with Gasteiger partial charge in [0, 0.05) is 35.4 Å². The number of benzene rings is 1. The molecule has 0 atom stereocenters. The zero-order valence-corrected chi connectivity index (χ0v) is 16.0. The first-order chi connectivity index (χ1) is 12.5. The Morgan fingerprint density at radius 1 is 1.23 bits per heavy atom. The first-order valence-electron chi connectivity index (χ1n) is 8.43. The predicted octanol–water partition coefficient (Wildman–Crippen LogP) is 3.22. The molecule has 26 heavy (non-hydrogen) atoms. The zero-order chi connectivity index (χ0) is 18.5. The summed E-state index contributed by atoms with van der Waals surface area (Å²) in [6.07, 6.45) is 0.694. The average Bonchev–Trinajstić information content (AvgIpc) is 2.63. The Hall–Kier alpha value is -1.89. The minimum Gasteiger partial charge on any atom is -0.378 e. The monoisotopic (exact) mass is 394 g/mol. The molecule has 1 N–H and O–H groups in total. The number of aromatic nitrogens is 2. The fourth-order valence-corrected chi connectivity index (χ4v) is 3.22. The minimum absolute atomic E-state index is 0.0948. The van der Waals surface area contributed by atoms with Crippen LogP contribution in [0.2, 0.25) is 10.0 Å². The van der Waals surface area contributed by atoms with Crippen LogP contribution in [0.15, 0.2) is 24.3 Å². The van der Waals surface area contributed by atoms with E-state index in [9.17, 15) is 4.79 Å². The van der Waals surface area contributed by atoms with Crippen molar-refractivity contribution in [1.29, 1.82) is 0 Å². The molecule has 6 nitrogen and oxygen atoms in total. The summed E-state index contributed by atoms with van der Waals surface area (Å²) in [5.41, 5.74) is 2.12. The number of amides is 1. The number of rotatable bonds is 5. The summed E-state index contributed by atoms with van der Waals surface area (Å²) in [4.78, 5) is 23.1. The predicted molar refractivity (Wildman–Crippen MR) is 102 cm³/mol. The third kappa shape index (κ3) is 4.84. The summed E-state index contributed by atoms with van der Waals surface area (Å²) >= 11 is 12.1. The number of nitrogens with one attached hydrogen (secondary N) is 1. The van der Waals surface area contributed by atoms with Crippen LogP contribution in [0.3, 0.4) is 0 Å². The largest absolute Gasteiger partial charge is 0.378 e. The van der Waals surface area contributed by atoms with Gasteiger partial charge in [0.1, 0.15) is 5.69 Å². The maximum atomic E-state index is 12.6. The number of hydrogen-bond acceptors (Lipinski definition) is 5. The third-order valence-electron chi connectivity index (χ3n) is 4.06. The van der Waals surface area contributed by atoms with Crippen molar-refractivity contribution in [2.24, 2.45) is 0 Å². The van der Waals surface area contributed by atoms with Crippen LogP contribution in [0.1, 0.15) is 21.7 Å². The fourth-order valence-electron chi connectivity index (χ4n) is 2.72. The average molecular weight is 395 g/mol. The molecule has 1 aromatic heterocycles. The van der Waals surface area contributed by atoms with Gasteiger partial charge in [-0.25, -0.2) is 9.97 Å². The van der Waals surface area contributed by atoms with Crippen molar-refractivity contribution in [2.45, 2.75) is 13.3 Å². The van der Waals surface area contributed by atoms with Crippen LogP contribution in [0.4, 0.5) is 5.95 Å². The van der Waals surface area contributed by atoms with Crippen molar-refractivity contribution < 1.29 is 9.53 Å². The molecule has 0 radical (unpaired) electrons. The molecule has 2 aromatic rings. The standard InChI is InChI=1S/C18H20Cl2N4O2/c1-12-10-16(17(25)24-6-8-26-9-7-24)23-18(22-12)21-5-4-13-2-3-14(19)11-15(13)20/h2-3,10-11H,4-9H2,1H3,(H,21,22,23). The lowest BCUT2D eigenvalue weighted by atomic mass is 10.1. The molecule has 8 heteroatoms. The summed E-state index contributed by atoms with van der Waals surface area (Å²) in [7, 11) is 0. The Labute approximate surface area is 162 Å². The van der Waals surface area contributed by atoms with Crippen LogP contribution in [0.5, 0.6) is 0 Å². The Kier molecular flexibility index (Phi) is 6.29. The Balaban J connectivity index is 1.64. The van der Waals surface area contributed by atoms with Gasteiger partial charge in [-0.15, -0.1) is 0 Å². The minimum atomic E-state index is -0.0948. The molecule has 1 aliphatic rings. The number of halogens is 2. The van der Waals surface area contributed by atoms with E-state index in [1.807, 2.05) is 19.1 Å². The topological polar surface area (TPSA) is 67.4 Å². The van der Waals surface area contributed by atoms with Crippen molar-refractivity contribution in [3.63, 3.8) is 0 Å². The smallest absolute Gasteiger partial charge is 0.272 e. The second-order valence-corrected chi connectivity index (χ2v) is 6.88. The van der Waals surface area contributed by atoms with Gasteiger partial charge >= 0.3 is 0 Å². The van der Waals surface area contributed by atoms with E-state index in [1.54, 1.807) is 17.0 Å². The number of aryl methyl sites for hydroxylation is 1. The van der Waals surface area contributed by atoms with Gasteiger partial charge in [0.15, 0.2) is 0 Å². The normalized spacial score (nSPS) is 14.3. The van der Waals surface area contributed by atoms with Crippen molar-refractivity contribution in [3.8, 4) is 0 Å². The Morgan fingerprint density at radius 3 is 2.73 bits per heavy atom. The van der Waals surface area contributed by atoms with Crippen LogP contribution in [-0.2, 0) is 11.2 Å². The van der Waals surface area contributed by atoms with Gasteiger partial charge in [-0.1, -0.05) is 29.3 Å². The van der Waals surface area contributed by atoms with E-state index in [0.717, 1.165) is 11.3 Å². The number of carbonyl (C=O) groups excluding carboxylic acids is 1. The summed E-state index contributed by atoms with van der Waals surface area (Å²) in [6.45, 7) is 4.72. The Morgan fingerprint density at radius 2 is 2.00 bits per heavy atom. The lowest BCUT2D eigenvalue weighted by Gasteiger charge is -2.26. The highest BCUT2D eigenvalue weighted by Gasteiger charge is 2.20. The van der Waals surface area contributed by atoms with Crippen LogP contribution in [0.25, 0.3) is 0 Å². The molecular weight excluding hydrogens is 375 g/mol. The molecule has 1 aliphatic heterocycles. The number of hydrogen-bond donors (Lipinski definition) is 1.